The van der Waals surface area contributed by atoms with Crippen molar-refractivity contribution in [3.8, 4) is 11.5 Å². The second kappa shape index (κ2) is 13.5. The predicted octanol–water partition coefficient (Wildman–Crippen LogP) is 4.92. The molecule has 0 aromatic heterocycles. The van der Waals surface area contributed by atoms with Crippen molar-refractivity contribution in [1.82, 2.24) is 9.73 Å². The summed E-state index contributed by atoms with van der Waals surface area (Å²) in [4.78, 5) is 12.9. The molecular formula is C31H31N3O5S. The number of nitrogens with zero attached hydrogens (tertiary/aromatic N) is 2. The first-order valence-corrected chi connectivity index (χ1v) is 14.1. The third-order valence-electron chi connectivity index (χ3n) is 6.04. The van der Waals surface area contributed by atoms with E-state index in [9.17, 15) is 13.2 Å². The number of ether oxygens (including phenoxy) is 2. The van der Waals surface area contributed by atoms with Gasteiger partial charge in [-0.2, -0.15) is 9.41 Å². The molecule has 0 fully saturated rings. The molecule has 4 aromatic carbocycles. The topological polar surface area (TPSA) is 97.3 Å². The quantitative estimate of drug-likeness (QED) is 0.197. The van der Waals surface area contributed by atoms with Crippen molar-refractivity contribution in [3.05, 3.63) is 125 Å². The van der Waals surface area contributed by atoms with Crippen LogP contribution in [0.3, 0.4) is 0 Å². The summed E-state index contributed by atoms with van der Waals surface area (Å²) in [5.41, 5.74) is 5.63. The molecular weight excluding hydrogens is 526 g/mol. The van der Waals surface area contributed by atoms with E-state index in [4.69, 9.17) is 9.47 Å². The first-order chi connectivity index (χ1) is 19.3. The zero-order valence-electron chi connectivity index (χ0n) is 22.4. The van der Waals surface area contributed by atoms with E-state index in [1.165, 1.54) is 25.5 Å². The Morgan fingerprint density at radius 2 is 1.60 bits per heavy atom. The van der Waals surface area contributed by atoms with E-state index < -0.39 is 22.5 Å². The van der Waals surface area contributed by atoms with E-state index in [2.05, 4.69) is 10.5 Å². The number of benzene rings is 4. The number of nitrogens with one attached hydrogen (secondary N) is 1. The van der Waals surface area contributed by atoms with Crippen LogP contribution in [0.1, 0.15) is 22.3 Å². The van der Waals surface area contributed by atoms with Gasteiger partial charge in [0.25, 0.3) is 5.91 Å². The van der Waals surface area contributed by atoms with E-state index in [-0.39, 0.29) is 11.4 Å². The van der Waals surface area contributed by atoms with Gasteiger partial charge >= 0.3 is 0 Å². The van der Waals surface area contributed by atoms with Gasteiger partial charge < -0.3 is 9.47 Å². The molecule has 9 heteroatoms. The molecule has 4 aromatic rings. The van der Waals surface area contributed by atoms with Gasteiger partial charge in [0, 0.05) is 6.54 Å². The number of amides is 1. The average molecular weight is 558 g/mol. The van der Waals surface area contributed by atoms with Crippen LogP contribution in [0.25, 0.3) is 0 Å². The van der Waals surface area contributed by atoms with Crippen molar-refractivity contribution >= 4 is 22.1 Å². The Morgan fingerprint density at radius 1 is 0.900 bits per heavy atom. The molecule has 4 rings (SSSR count). The summed E-state index contributed by atoms with van der Waals surface area (Å²) in [6.45, 7) is 1.80. The van der Waals surface area contributed by atoms with Crippen LogP contribution >= 0.6 is 0 Å². The van der Waals surface area contributed by atoms with E-state index in [1.54, 1.807) is 19.1 Å². The molecule has 0 aliphatic carbocycles. The second-order valence-electron chi connectivity index (χ2n) is 9.03. The number of hydrazone groups is 1. The summed E-state index contributed by atoms with van der Waals surface area (Å²) in [7, 11) is -2.48. The lowest BCUT2D eigenvalue weighted by atomic mass is 10.2. The van der Waals surface area contributed by atoms with Gasteiger partial charge in [0.05, 0.1) is 24.8 Å². The minimum absolute atomic E-state index is 0.0200. The van der Waals surface area contributed by atoms with E-state index in [0.29, 0.717) is 29.2 Å². The highest BCUT2D eigenvalue weighted by molar-refractivity contribution is 7.89. The third-order valence-corrected chi connectivity index (χ3v) is 7.82. The van der Waals surface area contributed by atoms with Crippen molar-refractivity contribution in [2.75, 3.05) is 13.7 Å². The van der Waals surface area contributed by atoms with Crippen LogP contribution in [0.5, 0.6) is 11.5 Å². The van der Waals surface area contributed by atoms with Crippen LogP contribution in [-0.4, -0.2) is 38.5 Å². The monoisotopic (exact) mass is 557 g/mol. The summed E-state index contributed by atoms with van der Waals surface area (Å²) in [5, 5.41) is 4.03. The molecule has 0 saturated carbocycles. The zero-order chi connectivity index (χ0) is 28.4. The fourth-order valence-corrected chi connectivity index (χ4v) is 5.44. The van der Waals surface area contributed by atoms with Gasteiger partial charge in [-0.15, -0.1) is 0 Å². The van der Waals surface area contributed by atoms with Crippen LogP contribution in [0, 0.1) is 6.92 Å². The molecule has 206 valence electrons. The molecule has 0 bridgehead atoms. The van der Waals surface area contributed by atoms with Crippen LogP contribution in [0.2, 0.25) is 0 Å². The van der Waals surface area contributed by atoms with Gasteiger partial charge in [0.1, 0.15) is 18.1 Å². The predicted molar refractivity (Wildman–Crippen MR) is 155 cm³/mol. The summed E-state index contributed by atoms with van der Waals surface area (Å²) in [5.74, 6) is 0.668. The van der Waals surface area contributed by atoms with Crippen LogP contribution in [-0.2, 0) is 28.0 Å². The van der Waals surface area contributed by atoms with Gasteiger partial charge in [-0.05, 0) is 59.5 Å². The van der Waals surface area contributed by atoms with Crippen LogP contribution in [0.15, 0.2) is 113 Å². The highest BCUT2D eigenvalue weighted by Crippen LogP contribution is 2.25. The van der Waals surface area contributed by atoms with E-state index in [1.807, 2.05) is 78.9 Å². The Labute approximate surface area is 234 Å². The lowest BCUT2D eigenvalue weighted by Crippen LogP contribution is -2.39. The Morgan fingerprint density at radius 3 is 2.27 bits per heavy atom. The standard InChI is InChI=1S/C31H31N3O5S/c1-24-18-29(16-17-30(24)38-2)40(36,37)34(21-25-10-5-3-6-11-25)22-31(35)33-32-20-27-14-9-15-28(19-27)39-23-26-12-7-4-8-13-26/h3-20H,21-23H2,1-2H3,(H,33,35)/b32-20+. The number of aryl methyl sites for hydroxylation is 1. The fourth-order valence-electron chi connectivity index (χ4n) is 3.97. The zero-order valence-corrected chi connectivity index (χ0v) is 23.2. The number of carbonyl (C=O) groups excluding carboxylic acids is 1. The van der Waals surface area contributed by atoms with Crippen molar-refractivity contribution in [1.29, 1.82) is 0 Å². The maximum Gasteiger partial charge on any atom is 0.255 e. The summed E-state index contributed by atoms with van der Waals surface area (Å²) in [6.07, 6.45) is 1.48. The molecule has 0 radical (unpaired) electrons. The molecule has 0 heterocycles. The number of rotatable bonds is 12. The maximum atomic E-state index is 13.6. The number of carbonyl (C=O) groups is 1. The molecule has 40 heavy (non-hydrogen) atoms. The minimum atomic E-state index is -4.01. The highest BCUT2D eigenvalue weighted by atomic mass is 32.2. The summed E-state index contributed by atoms with van der Waals surface area (Å²) < 4.78 is 39.4. The van der Waals surface area contributed by atoms with Crippen molar-refractivity contribution in [2.24, 2.45) is 5.10 Å². The number of hydrogen-bond donors (Lipinski definition) is 1. The smallest absolute Gasteiger partial charge is 0.255 e. The third kappa shape index (κ3) is 7.78. The van der Waals surface area contributed by atoms with Crippen molar-refractivity contribution in [3.63, 3.8) is 0 Å². The molecule has 8 nitrogen and oxygen atoms in total. The number of methoxy groups -OCH3 is 1. The van der Waals surface area contributed by atoms with Gasteiger partial charge in [-0.1, -0.05) is 72.8 Å². The first-order valence-electron chi connectivity index (χ1n) is 12.6. The number of sulfonamides is 1. The highest BCUT2D eigenvalue weighted by Gasteiger charge is 2.27. The SMILES string of the molecule is COc1ccc(S(=O)(=O)N(CC(=O)N/N=C/c2cccc(OCc3ccccc3)c2)Cc2ccccc2)cc1C. The van der Waals surface area contributed by atoms with Gasteiger partial charge in [-0.3, -0.25) is 4.79 Å². The largest absolute Gasteiger partial charge is 0.496 e. The molecule has 1 amide bonds. The van der Waals surface area contributed by atoms with E-state index in [0.717, 1.165) is 15.4 Å². The fraction of sp³-hybridized carbons (Fsp3) is 0.161. The van der Waals surface area contributed by atoms with Crippen LogP contribution in [0.4, 0.5) is 0 Å². The summed E-state index contributed by atoms with van der Waals surface area (Å²) >= 11 is 0. The van der Waals surface area contributed by atoms with Gasteiger partial charge in [-0.25, -0.2) is 13.8 Å². The Balaban J connectivity index is 1.44. The first kappa shape index (κ1) is 28.5. The summed E-state index contributed by atoms with van der Waals surface area (Å²) in [6, 6.07) is 30.8. The normalized spacial score (nSPS) is 11.5. The Kier molecular flexibility index (Phi) is 9.66. The minimum Gasteiger partial charge on any atom is -0.496 e. The lowest BCUT2D eigenvalue weighted by Gasteiger charge is -2.22. The maximum absolute atomic E-state index is 13.6. The molecule has 0 saturated heterocycles. The van der Waals surface area contributed by atoms with E-state index >= 15 is 0 Å². The molecule has 0 spiro atoms. The Bertz CT molecular complexity index is 1560. The van der Waals surface area contributed by atoms with Gasteiger partial charge in [0.2, 0.25) is 10.0 Å². The number of hydrogen-bond acceptors (Lipinski definition) is 6. The molecule has 0 aliphatic heterocycles. The molecule has 0 aliphatic rings. The van der Waals surface area contributed by atoms with Crippen molar-refractivity contribution < 1.29 is 22.7 Å². The lowest BCUT2D eigenvalue weighted by molar-refractivity contribution is -0.121. The average Bonchev–Trinajstić information content (AvgIpc) is 2.97. The Hall–Kier alpha value is -4.47. The molecule has 1 N–H and O–H groups in total. The molecule has 0 atom stereocenters. The van der Waals surface area contributed by atoms with Crippen molar-refractivity contribution in [2.45, 2.75) is 25.0 Å². The second-order valence-corrected chi connectivity index (χ2v) is 11.0. The molecule has 0 unspecified atom stereocenters. The van der Waals surface area contributed by atoms with Gasteiger partial charge in [0.15, 0.2) is 0 Å². The van der Waals surface area contributed by atoms with Crippen LogP contribution < -0.4 is 14.9 Å².